The molecule has 6 nitrogen and oxygen atoms in total. The maximum atomic E-state index is 13.4. The Bertz CT molecular complexity index is 1250. The zero-order chi connectivity index (χ0) is 22.5. The number of halogens is 2. The number of aromatic nitrogens is 2. The third-order valence-corrected chi connectivity index (χ3v) is 4.91. The largest absolute Gasteiger partial charge is 0.495 e. The molecule has 8 heteroatoms. The number of hydrogen-bond acceptors (Lipinski definition) is 5. The summed E-state index contributed by atoms with van der Waals surface area (Å²) in [7, 11) is 1.53. The van der Waals surface area contributed by atoms with E-state index in [-0.39, 0.29) is 11.7 Å². The van der Waals surface area contributed by atoms with Gasteiger partial charge >= 0.3 is 0 Å². The number of carbonyl (C=O) groups excluding carboxylic acids is 1. The van der Waals surface area contributed by atoms with Crippen molar-refractivity contribution in [2.24, 2.45) is 0 Å². The number of ether oxygens (including phenoxy) is 1. The van der Waals surface area contributed by atoms with Gasteiger partial charge in [-0.15, -0.1) is 10.2 Å². The van der Waals surface area contributed by atoms with Crippen LogP contribution in [0, 0.1) is 5.82 Å². The van der Waals surface area contributed by atoms with Gasteiger partial charge in [0.25, 0.3) is 5.91 Å². The first-order valence-electron chi connectivity index (χ1n) is 9.63. The number of nitrogens with zero attached hydrogens (tertiary/aromatic N) is 2. The van der Waals surface area contributed by atoms with E-state index in [1.807, 2.05) is 0 Å². The number of methoxy groups -OCH3 is 1. The lowest BCUT2D eigenvalue weighted by Gasteiger charge is -2.09. The molecule has 0 saturated heterocycles. The van der Waals surface area contributed by atoms with Crippen LogP contribution in [0.25, 0.3) is 11.3 Å². The van der Waals surface area contributed by atoms with E-state index in [1.165, 1.54) is 19.2 Å². The van der Waals surface area contributed by atoms with Crippen LogP contribution in [0.4, 0.5) is 21.6 Å². The van der Waals surface area contributed by atoms with Crippen LogP contribution in [0.3, 0.4) is 0 Å². The zero-order valence-electron chi connectivity index (χ0n) is 17.0. The fraction of sp³-hybridized carbons (Fsp3) is 0.0417. The summed E-state index contributed by atoms with van der Waals surface area (Å²) >= 11 is 6.10. The van der Waals surface area contributed by atoms with Crippen molar-refractivity contribution < 1.29 is 13.9 Å². The minimum absolute atomic E-state index is 0.267. The lowest BCUT2D eigenvalue weighted by molar-refractivity contribution is 0.102. The summed E-state index contributed by atoms with van der Waals surface area (Å²) in [6, 6.07) is 21.6. The Kier molecular flexibility index (Phi) is 6.28. The summed E-state index contributed by atoms with van der Waals surface area (Å²) in [4.78, 5) is 12.5. The van der Waals surface area contributed by atoms with Crippen LogP contribution in [0.2, 0.25) is 5.02 Å². The SMILES string of the molecule is COc1ccc(NC(=O)c2ccc(Nc3ccc(-c4cccc(F)c4)nn3)cc2)cc1Cl. The summed E-state index contributed by atoms with van der Waals surface area (Å²) in [6.45, 7) is 0. The number of anilines is 3. The highest BCUT2D eigenvalue weighted by molar-refractivity contribution is 6.32. The van der Waals surface area contributed by atoms with Crippen LogP contribution in [0.1, 0.15) is 10.4 Å². The van der Waals surface area contributed by atoms with E-state index in [0.29, 0.717) is 39.1 Å². The summed E-state index contributed by atoms with van der Waals surface area (Å²) in [5.74, 6) is 0.463. The van der Waals surface area contributed by atoms with Gasteiger partial charge in [-0.1, -0.05) is 23.7 Å². The van der Waals surface area contributed by atoms with Crippen molar-refractivity contribution in [3.8, 4) is 17.0 Å². The van der Waals surface area contributed by atoms with Crippen molar-refractivity contribution in [3.63, 3.8) is 0 Å². The molecule has 1 heterocycles. The second-order valence-electron chi connectivity index (χ2n) is 6.82. The Hall–Kier alpha value is -3.97. The Morgan fingerprint density at radius 1 is 0.938 bits per heavy atom. The second-order valence-corrected chi connectivity index (χ2v) is 7.23. The smallest absolute Gasteiger partial charge is 0.255 e. The Labute approximate surface area is 189 Å². The third kappa shape index (κ3) is 5.01. The summed E-state index contributed by atoms with van der Waals surface area (Å²) < 4.78 is 18.5. The van der Waals surface area contributed by atoms with E-state index in [9.17, 15) is 9.18 Å². The van der Waals surface area contributed by atoms with Crippen molar-refractivity contribution in [2.75, 3.05) is 17.7 Å². The van der Waals surface area contributed by atoms with E-state index in [0.717, 1.165) is 5.69 Å². The molecule has 2 N–H and O–H groups in total. The fourth-order valence-electron chi connectivity index (χ4n) is 3.00. The molecule has 0 bridgehead atoms. The maximum absolute atomic E-state index is 13.4. The van der Waals surface area contributed by atoms with Gasteiger partial charge in [0, 0.05) is 22.5 Å². The summed E-state index contributed by atoms with van der Waals surface area (Å²) in [6.07, 6.45) is 0. The highest BCUT2D eigenvalue weighted by Gasteiger charge is 2.09. The second kappa shape index (κ2) is 9.45. The van der Waals surface area contributed by atoms with Gasteiger partial charge in [-0.05, 0) is 66.7 Å². The number of carbonyl (C=O) groups is 1. The van der Waals surface area contributed by atoms with Crippen molar-refractivity contribution in [1.29, 1.82) is 0 Å². The Morgan fingerprint density at radius 3 is 2.38 bits per heavy atom. The van der Waals surface area contributed by atoms with Crippen molar-refractivity contribution >= 4 is 34.7 Å². The summed E-state index contributed by atoms with van der Waals surface area (Å²) in [5.41, 5.74) is 3.01. The van der Waals surface area contributed by atoms with E-state index in [4.69, 9.17) is 16.3 Å². The van der Waals surface area contributed by atoms with Gasteiger partial charge in [0.1, 0.15) is 11.6 Å². The monoisotopic (exact) mass is 448 g/mol. The van der Waals surface area contributed by atoms with Gasteiger partial charge in [0.15, 0.2) is 5.82 Å². The molecule has 0 aliphatic rings. The lowest BCUT2D eigenvalue weighted by atomic mass is 10.1. The Balaban J connectivity index is 1.40. The average molecular weight is 449 g/mol. The number of hydrogen-bond donors (Lipinski definition) is 2. The molecular weight excluding hydrogens is 431 g/mol. The Morgan fingerprint density at radius 2 is 1.72 bits per heavy atom. The molecule has 4 aromatic rings. The van der Waals surface area contributed by atoms with Crippen LogP contribution in [-0.2, 0) is 0 Å². The summed E-state index contributed by atoms with van der Waals surface area (Å²) in [5, 5.41) is 14.6. The normalized spacial score (nSPS) is 10.5. The molecule has 0 aliphatic carbocycles. The molecule has 0 atom stereocenters. The van der Waals surface area contributed by atoms with Gasteiger partial charge in [-0.25, -0.2) is 4.39 Å². The van der Waals surface area contributed by atoms with Crippen LogP contribution >= 0.6 is 11.6 Å². The van der Waals surface area contributed by atoms with Crippen LogP contribution in [0.15, 0.2) is 78.9 Å². The molecule has 0 unspecified atom stereocenters. The third-order valence-electron chi connectivity index (χ3n) is 4.61. The number of nitrogens with one attached hydrogen (secondary N) is 2. The van der Waals surface area contributed by atoms with Gasteiger partial charge in [0.05, 0.1) is 17.8 Å². The van der Waals surface area contributed by atoms with Crippen molar-refractivity contribution in [2.45, 2.75) is 0 Å². The molecule has 160 valence electrons. The molecule has 32 heavy (non-hydrogen) atoms. The highest BCUT2D eigenvalue weighted by atomic mass is 35.5. The number of benzene rings is 3. The first kappa shape index (κ1) is 21.3. The minimum atomic E-state index is -0.328. The van der Waals surface area contributed by atoms with Crippen molar-refractivity contribution in [1.82, 2.24) is 10.2 Å². The van der Waals surface area contributed by atoms with E-state index < -0.39 is 0 Å². The predicted octanol–water partition coefficient (Wildman–Crippen LogP) is 5.94. The van der Waals surface area contributed by atoms with Gasteiger partial charge in [-0.3, -0.25) is 4.79 Å². The first-order valence-corrected chi connectivity index (χ1v) is 10.0. The molecule has 0 spiro atoms. The first-order chi connectivity index (χ1) is 15.5. The molecule has 0 saturated carbocycles. The maximum Gasteiger partial charge on any atom is 0.255 e. The molecular formula is C24H18ClFN4O2. The number of amides is 1. The van der Waals surface area contributed by atoms with Gasteiger partial charge in [0.2, 0.25) is 0 Å². The molecule has 1 aromatic heterocycles. The standard InChI is InChI=1S/C24H18ClFN4O2/c1-32-22-11-9-19(14-20(22)25)28-24(31)15-5-7-18(8-6-15)27-23-12-10-21(29-30-23)16-3-2-4-17(26)13-16/h2-14H,1H3,(H,27,30)(H,28,31). The minimum Gasteiger partial charge on any atom is -0.495 e. The zero-order valence-corrected chi connectivity index (χ0v) is 17.7. The van der Waals surface area contributed by atoms with Crippen LogP contribution < -0.4 is 15.4 Å². The topological polar surface area (TPSA) is 76.1 Å². The van der Waals surface area contributed by atoms with E-state index in [1.54, 1.807) is 66.7 Å². The molecule has 3 aromatic carbocycles. The van der Waals surface area contributed by atoms with Gasteiger partial charge in [-0.2, -0.15) is 0 Å². The van der Waals surface area contributed by atoms with E-state index >= 15 is 0 Å². The highest BCUT2D eigenvalue weighted by Crippen LogP contribution is 2.27. The fourth-order valence-corrected chi connectivity index (χ4v) is 3.26. The molecule has 0 fully saturated rings. The number of rotatable bonds is 6. The quantitative estimate of drug-likeness (QED) is 0.381. The van der Waals surface area contributed by atoms with E-state index in [2.05, 4.69) is 20.8 Å². The van der Waals surface area contributed by atoms with Gasteiger partial charge < -0.3 is 15.4 Å². The molecule has 0 radical (unpaired) electrons. The average Bonchev–Trinajstić information content (AvgIpc) is 2.80. The molecule has 4 rings (SSSR count). The predicted molar refractivity (Wildman–Crippen MR) is 123 cm³/mol. The van der Waals surface area contributed by atoms with Crippen LogP contribution in [-0.4, -0.2) is 23.2 Å². The molecule has 1 amide bonds. The van der Waals surface area contributed by atoms with Crippen LogP contribution in [0.5, 0.6) is 5.75 Å². The van der Waals surface area contributed by atoms with Crippen molar-refractivity contribution in [3.05, 3.63) is 95.3 Å². The lowest BCUT2D eigenvalue weighted by Crippen LogP contribution is -2.11. The molecule has 0 aliphatic heterocycles.